The van der Waals surface area contributed by atoms with Crippen LogP contribution in [0.5, 0.6) is 0 Å². The van der Waals surface area contributed by atoms with Crippen molar-refractivity contribution in [1.29, 1.82) is 0 Å². The Morgan fingerprint density at radius 2 is 1.79 bits per heavy atom. The normalized spacial score (nSPS) is 15.9. The van der Waals surface area contributed by atoms with Gasteiger partial charge in [-0.1, -0.05) is 0 Å². The van der Waals surface area contributed by atoms with Crippen LogP contribution in [0.2, 0.25) is 0 Å². The van der Waals surface area contributed by atoms with Crippen molar-refractivity contribution in [3.63, 3.8) is 0 Å². The minimum atomic E-state index is -4.04. The molecular weight excluding hydrogens is 385 g/mol. The molecule has 0 atom stereocenters. The third-order valence-corrected chi connectivity index (χ3v) is 6.07. The first-order valence-corrected chi connectivity index (χ1v) is 10.3. The van der Waals surface area contributed by atoms with E-state index in [0.717, 1.165) is 62.6 Å². The predicted octanol–water partition coefficient (Wildman–Crippen LogP) is 2.47. The monoisotopic (exact) mass is 407 g/mol. The summed E-state index contributed by atoms with van der Waals surface area (Å²) in [4.78, 5) is 15.9. The standard InChI is InChI=1S/C19H22FN3O4S/c1-22-9-2-10-23(12-11-22)15-5-8-18(17(13-15)19(24)25)21-28(26,27)16-6-3-14(20)4-7-16/h3-8,13,21H,2,9-12H2,1H3,(H,24,25). The highest BCUT2D eigenvalue weighted by molar-refractivity contribution is 7.92. The van der Waals surface area contributed by atoms with E-state index in [9.17, 15) is 22.7 Å². The second kappa shape index (κ2) is 8.15. The molecule has 0 saturated carbocycles. The predicted molar refractivity (Wildman–Crippen MR) is 105 cm³/mol. The Kier molecular flexibility index (Phi) is 5.85. The van der Waals surface area contributed by atoms with Crippen molar-refractivity contribution in [3.05, 3.63) is 53.8 Å². The summed E-state index contributed by atoms with van der Waals surface area (Å²) < 4.78 is 40.4. The highest BCUT2D eigenvalue weighted by atomic mass is 32.2. The van der Waals surface area contributed by atoms with E-state index in [1.165, 1.54) is 12.1 Å². The number of hydrogen-bond acceptors (Lipinski definition) is 5. The van der Waals surface area contributed by atoms with Crippen LogP contribution < -0.4 is 9.62 Å². The number of aromatic carboxylic acids is 1. The van der Waals surface area contributed by atoms with Gasteiger partial charge in [-0.25, -0.2) is 17.6 Å². The van der Waals surface area contributed by atoms with Gasteiger partial charge in [0, 0.05) is 25.3 Å². The van der Waals surface area contributed by atoms with Gasteiger partial charge in [0.05, 0.1) is 16.1 Å². The van der Waals surface area contributed by atoms with E-state index >= 15 is 0 Å². The summed E-state index contributed by atoms with van der Waals surface area (Å²) >= 11 is 0. The highest BCUT2D eigenvalue weighted by Crippen LogP contribution is 2.26. The SMILES string of the molecule is CN1CCCN(c2ccc(NS(=O)(=O)c3ccc(F)cc3)c(C(=O)O)c2)CC1. The minimum absolute atomic E-state index is 0.0347. The van der Waals surface area contributed by atoms with Crippen LogP contribution in [0.25, 0.3) is 0 Å². The first-order chi connectivity index (χ1) is 13.3. The Bertz CT molecular complexity index is 964. The fourth-order valence-corrected chi connectivity index (χ4v) is 4.20. The van der Waals surface area contributed by atoms with Gasteiger partial charge in [-0.2, -0.15) is 0 Å². The van der Waals surface area contributed by atoms with Crippen molar-refractivity contribution < 1.29 is 22.7 Å². The van der Waals surface area contributed by atoms with Crippen LogP contribution in [-0.4, -0.2) is 57.6 Å². The topological polar surface area (TPSA) is 90.0 Å². The van der Waals surface area contributed by atoms with Gasteiger partial charge in [-0.3, -0.25) is 4.72 Å². The summed E-state index contributed by atoms with van der Waals surface area (Å²) in [6.07, 6.45) is 0.956. The number of rotatable bonds is 5. The number of carbonyl (C=O) groups is 1. The van der Waals surface area contributed by atoms with Crippen LogP contribution in [0.1, 0.15) is 16.8 Å². The van der Waals surface area contributed by atoms with Crippen LogP contribution in [0, 0.1) is 5.82 Å². The van der Waals surface area contributed by atoms with Gasteiger partial charge in [0.1, 0.15) is 5.82 Å². The van der Waals surface area contributed by atoms with Crippen molar-refractivity contribution in [1.82, 2.24) is 4.90 Å². The number of hydrogen-bond donors (Lipinski definition) is 2. The van der Waals surface area contributed by atoms with Gasteiger partial charge in [-0.15, -0.1) is 0 Å². The number of sulfonamides is 1. The van der Waals surface area contributed by atoms with Crippen LogP contribution in [0.15, 0.2) is 47.4 Å². The number of benzene rings is 2. The molecule has 0 unspecified atom stereocenters. The molecule has 2 aromatic rings. The number of carboxylic acids is 1. The molecule has 1 aliphatic rings. The van der Waals surface area contributed by atoms with E-state index < -0.39 is 21.8 Å². The summed E-state index contributed by atoms with van der Waals surface area (Å²) in [5.74, 6) is -1.79. The lowest BCUT2D eigenvalue weighted by Gasteiger charge is -2.24. The Balaban J connectivity index is 1.89. The Morgan fingerprint density at radius 3 is 2.46 bits per heavy atom. The molecule has 1 saturated heterocycles. The average molecular weight is 407 g/mol. The van der Waals surface area contributed by atoms with Crippen LogP contribution in [0.3, 0.4) is 0 Å². The molecule has 2 aromatic carbocycles. The van der Waals surface area contributed by atoms with Crippen molar-refractivity contribution in [3.8, 4) is 0 Å². The first kappa shape index (κ1) is 20.1. The molecule has 9 heteroatoms. The molecule has 0 spiro atoms. The summed E-state index contributed by atoms with van der Waals surface area (Å²) in [7, 11) is -2.00. The maximum absolute atomic E-state index is 13.0. The summed E-state index contributed by atoms with van der Waals surface area (Å²) in [5.41, 5.74) is 0.561. The molecule has 0 aliphatic carbocycles. The molecule has 1 aliphatic heterocycles. The van der Waals surface area contributed by atoms with Gasteiger partial charge < -0.3 is 14.9 Å². The van der Waals surface area contributed by atoms with Gasteiger partial charge in [0.25, 0.3) is 10.0 Å². The molecule has 2 N–H and O–H groups in total. The lowest BCUT2D eigenvalue weighted by Crippen LogP contribution is -2.29. The maximum Gasteiger partial charge on any atom is 0.337 e. The van der Waals surface area contributed by atoms with E-state index in [1.807, 2.05) is 7.05 Å². The van der Waals surface area contributed by atoms with Crippen LogP contribution >= 0.6 is 0 Å². The third-order valence-electron chi connectivity index (χ3n) is 4.69. The first-order valence-electron chi connectivity index (χ1n) is 8.85. The van der Waals surface area contributed by atoms with E-state index in [2.05, 4.69) is 14.5 Å². The summed E-state index contributed by atoms with van der Waals surface area (Å²) in [6, 6.07) is 8.96. The summed E-state index contributed by atoms with van der Waals surface area (Å²) in [6.45, 7) is 3.39. The number of halogens is 1. The Morgan fingerprint density at radius 1 is 1.07 bits per heavy atom. The zero-order valence-electron chi connectivity index (χ0n) is 15.4. The lowest BCUT2D eigenvalue weighted by molar-refractivity contribution is 0.0698. The second-order valence-corrected chi connectivity index (χ2v) is 8.42. The molecule has 7 nitrogen and oxygen atoms in total. The van der Waals surface area contributed by atoms with Gasteiger partial charge in [-0.05, 0) is 62.5 Å². The zero-order chi connectivity index (χ0) is 20.3. The van der Waals surface area contributed by atoms with E-state index in [0.29, 0.717) is 0 Å². The average Bonchev–Trinajstić information content (AvgIpc) is 2.86. The zero-order valence-corrected chi connectivity index (χ0v) is 16.2. The number of carboxylic acid groups (broad SMARTS) is 1. The third kappa shape index (κ3) is 4.60. The smallest absolute Gasteiger partial charge is 0.337 e. The number of nitrogens with one attached hydrogen (secondary N) is 1. The van der Waals surface area contributed by atoms with Crippen LogP contribution in [-0.2, 0) is 10.0 Å². The number of likely N-dealkylation sites (N-methyl/N-ethyl adjacent to an activating group) is 1. The number of nitrogens with zero attached hydrogens (tertiary/aromatic N) is 2. The van der Waals surface area contributed by atoms with Crippen molar-refractivity contribution in [2.45, 2.75) is 11.3 Å². The quantitative estimate of drug-likeness (QED) is 0.792. The van der Waals surface area contributed by atoms with Crippen LogP contribution in [0.4, 0.5) is 15.8 Å². The van der Waals surface area contributed by atoms with Crippen molar-refractivity contribution >= 4 is 27.4 Å². The molecule has 1 heterocycles. The van der Waals surface area contributed by atoms with E-state index in [4.69, 9.17) is 0 Å². The highest BCUT2D eigenvalue weighted by Gasteiger charge is 2.21. The van der Waals surface area contributed by atoms with E-state index in [-0.39, 0.29) is 16.1 Å². The molecule has 28 heavy (non-hydrogen) atoms. The summed E-state index contributed by atoms with van der Waals surface area (Å²) in [5, 5.41) is 9.58. The molecule has 0 radical (unpaired) electrons. The molecule has 1 fully saturated rings. The fourth-order valence-electron chi connectivity index (χ4n) is 3.12. The largest absolute Gasteiger partial charge is 0.478 e. The lowest BCUT2D eigenvalue weighted by atomic mass is 10.1. The second-order valence-electron chi connectivity index (χ2n) is 6.74. The van der Waals surface area contributed by atoms with Gasteiger partial charge in [0.2, 0.25) is 0 Å². The maximum atomic E-state index is 13.0. The minimum Gasteiger partial charge on any atom is -0.478 e. The van der Waals surface area contributed by atoms with Crippen molar-refractivity contribution in [2.24, 2.45) is 0 Å². The van der Waals surface area contributed by atoms with Crippen molar-refractivity contribution in [2.75, 3.05) is 42.8 Å². The molecule has 3 rings (SSSR count). The Hall–Kier alpha value is -2.65. The molecular formula is C19H22FN3O4S. The molecule has 0 amide bonds. The van der Waals surface area contributed by atoms with Gasteiger partial charge >= 0.3 is 5.97 Å². The van der Waals surface area contributed by atoms with Gasteiger partial charge in [0.15, 0.2) is 0 Å². The molecule has 0 aromatic heterocycles. The molecule has 0 bridgehead atoms. The molecule has 150 valence electrons. The number of anilines is 2. The fraction of sp³-hybridized carbons (Fsp3) is 0.316. The Labute approximate surface area is 163 Å². The van der Waals surface area contributed by atoms with E-state index in [1.54, 1.807) is 6.07 Å².